The first-order chi connectivity index (χ1) is 13.5. The molecule has 3 rings (SSSR count). The summed E-state index contributed by atoms with van der Waals surface area (Å²) >= 11 is 0. The molecule has 2 N–H and O–H groups in total. The molecule has 0 aromatic heterocycles. The summed E-state index contributed by atoms with van der Waals surface area (Å²) in [5.74, 6) is 0.668. The van der Waals surface area contributed by atoms with Gasteiger partial charge in [-0.25, -0.2) is 4.79 Å². The van der Waals surface area contributed by atoms with Gasteiger partial charge in [0.25, 0.3) is 0 Å². The molecule has 6 heteroatoms. The minimum absolute atomic E-state index is 0.132. The first-order valence-corrected chi connectivity index (χ1v) is 9.67. The summed E-state index contributed by atoms with van der Waals surface area (Å²) in [7, 11) is 4.00. The Hall–Kier alpha value is -2.73. The minimum Gasteiger partial charge on any atom is -0.489 e. The van der Waals surface area contributed by atoms with Crippen molar-refractivity contribution in [3.8, 4) is 5.75 Å². The van der Waals surface area contributed by atoms with Gasteiger partial charge in [0.2, 0.25) is 0 Å². The van der Waals surface area contributed by atoms with E-state index in [0.29, 0.717) is 24.6 Å². The molecule has 1 aliphatic heterocycles. The summed E-state index contributed by atoms with van der Waals surface area (Å²) in [5, 5.41) is 5.78. The molecule has 1 heterocycles. The molecular formula is C22H29N3O3. The summed E-state index contributed by atoms with van der Waals surface area (Å²) in [4.78, 5) is 14.4. The molecular weight excluding hydrogens is 354 g/mol. The third-order valence-electron chi connectivity index (χ3n) is 4.74. The van der Waals surface area contributed by atoms with E-state index in [1.165, 1.54) is 0 Å². The van der Waals surface area contributed by atoms with Crippen LogP contribution in [0, 0.1) is 6.92 Å². The molecule has 2 aromatic rings. The monoisotopic (exact) mass is 383 g/mol. The van der Waals surface area contributed by atoms with Crippen LogP contribution < -0.4 is 20.3 Å². The average Bonchev–Trinajstić information content (AvgIpc) is 3.20. The third kappa shape index (κ3) is 5.63. The van der Waals surface area contributed by atoms with E-state index in [1.54, 1.807) is 0 Å². The van der Waals surface area contributed by atoms with Crippen molar-refractivity contribution in [2.24, 2.45) is 0 Å². The van der Waals surface area contributed by atoms with Crippen molar-refractivity contribution in [3.05, 3.63) is 53.6 Å². The maximum atomic E-state index is 12.3. The maximum absolute atomic E-state index is 12.3. The number of carbonyl (C=O) groups is 1. The Kier molecular flexibility index (Phi) is 6.76. The van der Waals surface area contributed by atoms with Crippen molar-refractivity contribution in [2.45, 2.75) is 32.4 Å². The number of ether oxygens (including phenoxy) is 2. The predicted molar refractivity (Wildman–Crippen MR) is 112 cm³/mol. The number of urea groups is 1. The van der Waals surface area contributed by atoms with E-state index >= 15 is 0 Å². The number of hydrogen-bond donors (Lipinski definition) is 2. The van der Waals surface area contributed by atoms with Gasteiger partial charge in [0, 0.05) is 32.9 Å². The molecule has 6 nitrogen and oxygen atoms in total. The maximum Gasteiger partial charge on any atom is 0.319 e. The van der Waals surface area contributed by atoms with Crippen LogP contribution in [0.3, 0.4) is 0 Å². The quantitative estimate of drug-likeness (QED) is 0.760. The number of carbonyl (C=O) groups excluding carboxylic acids is 1. The van der Waals surface area contributed by atoms with Crippen LogP contribution in [-0.4, -0.2) is 39.4 Å². The van der Waals surface area contributed by atoms with Crippen molar-refractivity contribution < 1.29 is 14.3 Å². The molecule has 0 bridgehead atoms. The normalized spacial score (nSPS) is 15.9. The molecule has 1 atom stereocenters. The second kappa shape index (κ2) is 9.46. The van der Waals surface area contributed by atoms with Crippen LogP contribution in [0.2, 0.25) is 0 Å². The molecule has 1 aliphatic rings. The van der Waals surface area contributed by atoms with Crippen LogP contribution in [0.5, 0.6) is 5.75 Å². The van der Waals surface area contributed by atoms with Crippen molar-refractivity contribution in [3.63, 3.8) is 0 Å². The fourth-order valence-electron chi connectivity index (χ4n) is 3.07. The van der Waals surface area contributed by atoms with Gasteiger partial charge in [-0.2, -0.15) is 0 Å². The standard InChI is InChI=1S/C22H29N3O3/c1-16-6-11-20(21(13-16)28-15-19-5-4-12-27-19)24-22(26)23-14-17-7-9-18(10-8-17)25(2)3/h6-11,13,19H,4-5,12,14-15H2,1-3H3,(H2,23,24,26). The Bertz CT molecular complexity index is 784. The molecule has 0 spiro atoms. The van der Waals surface area contributed by atoms with Gasteiger partial charge >= 0.3 is 6.03 Å². The third-order valence-corrected chi connectivity index (χ3v) is 4.74. The Morgan fingerprint density at radius 3 is 2.68 bits per heavy atom. The zero-order valence-electron chi connectivity index (χ0n) is 16.8. The van der Waals surface area contributed by atoms with E-state index in [-0.39, 0.29) is 12.1 Å². The van der Waals surface area contributed by atoms with Crippen molar-refractivity contribution >= 4 is 17.4 Å². The molecule has 1 fully saturated rings. The Morgan fingerprint density at radius 2 is 2.00 bits per heavy atom. The lowest BCUT2D eigenvalue weighted by molar-refractivity contribution is 0.0682. The van der Waals surface area contributed by atoms with Crippen LogP contribution in [-0.2, 0) is 11.3 Å². The van der Waals surface area contributed by atoms with Crippen LogP contribution in [0.1, 0.15) is 24.0 Å². The summed E-state index contributed by atoms with van der Waals surface area (Å²) < 4.78 is 11.5. The van der Waals surface area contributed by atoms with Gasteiger partial charge < -0.3 is 25.0 Å². The highest BCUT2D eigenvalue weighted by Gasteiger charge is 2.17. The van der Waals surface area contributed by atoms with Gasteiger partial charge in [0.1, 0.15) is 12.4 Å². The van der Waals surface area contributed by atoms with Gasteiger partial charge in [-0.15, -0.1) is 0 Å². The lowest BCUT2D eigenvalue weighted by Crippen LogP contribution is -2.28. The lowest BCUT2D eigenvalue weighted by Gasteiger charge is -2.16. The summed E-state index contributed by atoms with van der Waals surface area (Å²) in [6.07, 6.45) is 2.22. The smallest absolute Gasteiger partial charge is 0.319 e. The SMILES string of the molecule is Cc1ccc(NC(=O)NCc2ccc(N(C)C)cc2)c(OCC2CCCO2)c1. The molecule has 28 heavy (non-hydrogen) atoms. The van der Waals surface area contributed by atoms with Crippen LogP contribution >= 0.6 is 0 Å². The number of benzene rings is 2. The van der Waals surface area contributed by atoms with E-state index in [2.05, 4.69) is 10.6 Å². The average molecular weight is 383 g/mol. The number of nitrogens with one attached hydrogen (secondary N) is 2. The Labute approximate surface area is 166 Å². The van der Waals surface area contributed by atoms with E-state index in [0.717, 1.165) is 36.3 Å². The predicted octanol–water partition coefficient (Wildman–Crippen LogP) is 3.94. The highest BCUT2D eigenvalue weighted by molar-refractivity contribution is 5.90. The fourth-order valence-corrected chi connectivity index (χ4v) is 3.07. The van der Waals surface area contributed by atoms with Gasteiger partial charge in [-0.1, -0.05) is 18.2 Å². The van der Waals surface area contributed by atoms with Crippen LogP contribution in [0.25, 0.3) is 0 Å². The Balaban J connectivity index is 1.55. The lowest BCUT2D eigenvalue weighted by atomic mass is 10.2. The van der Waals surface area contributed by atoms with Gasteiger partial charge in [-0.3, -0.25) is 0 Å². The number of nitrogens with zero attached hydrogens (tertiary/aromatic N) is 1. The van der Waals surface area contributed by atoms with Crippen molar-refractivity contribution in [2.75, 3.05) is 37.5 Å². The molecule has 2 amide bonds. The van der Waals surface area contributed by atoms with Crippen LogP contribution in [0.4, 0.5) is 16.2 Å². The number of amides is 2. The molecule has 0 aliphatic carbocycles. The Morgan fingerprint density at radius 1 is 1.21 bits per heavy atom. The molecule has 1 unspecified atom stereocenters. The van der Waals surface area contributed by atoms with Crippen LogP contribution in [0.15, 0.2) is 42.5 Å². The van der Waals surface area contributed by atoms with E-state index < -0.39 is 0 Å². The van der Waals surface area contributed by atoms with Gasteiger partial charge in [0.05, 0.1) is 11.8 Å². The molecule has 0 radical (unpaired) electrons. The van der Waals surface area contributed by atoms with Crippen molar-refractivity contribution in [1.29, 1.82) is 0 Å². The summed E-state index contributed by atoms with van der Waals surface area (Å²) in [5.41, 5.74) is 3.90. The van der Waals surface area contributed by atoms with Gasteiger partial charge in [0.15, 0.2) is 0 Å². The zero-order valence-corrected chi connectivity index (χ0v) is 16.8. The molecule has 150 valence electrons. The first kappa shape index (κ1) is 20.0. The number of aryl methyl sites for hydroxylation is 1. The number of rotatable bonds is 7. The highest BCUT2D eigenvalue weighted by Crippen LogP contribution is 2.27. The van der Waals surface area contributed by atoms with E-state index in [1.807, 2.05) is 68.4 Å². The molecule has 2 aromatic carbocycles. The van der Waals surface area contributed by atoms with Crippen molar-refractivity contribution in [1.82, 2.24) is 5.32 Å². The number of hydrogen-bond acceptors (Lipinski definition) is 4. The molecule has 0 saturated carbocycles. The molecule has 1 saturated heterocycles. The first-order valence-electron chi connectivity index (χ1n) is 9.67. The van der Waals surface area contributed by atoms with E-state index in [4.69, 9.17) is 9.47 Å². The zero-order chi connectivity index (χ0) is 19.9. The highest BCUT2D eigenvalue weighted by atomic mass is 16.5. The minimum atomic E-state index is -0.262. The largest absolute Gasteiger partial charge is 0.489 e. The topological polar surface area (TPSA) is 62.8 Å². The second-order valence-electron chi connectivity index (χ2n) is 7.31. The summed E-state index contributed by atoms with van der Waals surface area (Å²) in [6, 6.07) is 13.6. The summed E-state index contributed by atoms with van der Waals surface area (Å²) in [6.45, 7) is 3.75. The number of anilines is 2. The van der Waals surface area contributed by atoms with E-state index in [9.17, 15) is 4.79 Å². The fraction of sp³-hybridized carbons (Fsp3) is 0.409. The van der Waals surface area contributed by atoms with Gasteiger partial charge in [-0.05, 0) is 55.2 Å². The second-order valence-corrected chi connectivity index (χ2v) is 7.31.